The van der Waals surface area contributed by atoms with Crippen LogP contribution in [0, 0.1) is 18.8 Å². The van der Waals surface area contributed by atoms with Gasteiger partial charge in [0.15, 0.2) is 0 Å². The van der Waals surface area contributed by atoms with Gasteiger partial charge in [-0.2, -0.15) is 0 Å². The van der Waals surface area contributed by atoms with Crippen LogP contribution in [0.15, 0.2) is 6.20 Å². The van der Waals surface area contributed by atoms with Gasteiger partial charge in [0.05, 0.1) is 17.3 Å². The molecule has 6 heteroatoms. The molecule has 0 radical (unpaired) electrons. The van der Waals surface area contributed by atoms with Crippen molar-refractivity contribution < 1.29 is 9.59 Å². The second-order valence-electron chi connectivity index (χ2n) is 8.68. The van der Waals surface area contributed by atoms with Gasteiger partial charge in [-0.05, 0) is 31.6 Å². The zero-order chi connectivity index (χ0) is 19.7. The van der Waals surface area contributed by atoms with Crippen molar-refractivity contribution in [2.24, 2.45) is 11.8 Å². The lowest BCUT2D eigenvalue weighted by Gasteiger charge is -2.35. The van der Waals surface area contributed by atoms with Crippen LogP contribution < -0.4 is 0 Å². The number of aromatic nitrogens is 2. The van der Waals surface area contributed by atoms with Crippen molar-refractivity contribution in [3.63, 3.8) is 0 Å². The molecule has 1 saturated carbocycles. The molecule has 1 aliphatic heterocycles. The maximum Gasteiger partial charge on any atom is 0.257 e. The van der Waals surface area contributed by atoms with Gasteiger partial charge < -0.3 is 9.80 Å². The van der Waals surface area contributed by atoms with Crippen LogP contribution in [0.2, 0.25) is 0 Å². The Hall–Kier alpha value is -1.98. The van der Waals surface area contributed by atoms with Crippen LogP contribution in [0.1, 0.15) is 74.8 Å². The van der Waals surface area contributed by atoms with Crippen LogP contribution >= 0.6 is 0 Å². The summed E-state index contributed by atoms with van der Waals surface area (Å²) in [5, 5.41) is 0. The molecule has 148 valence electrons. The van der Waals surface area contributed by atoms with E-state index in [1.165, 1.54) is 12.8 Å². The van der Waals surface area contributed by atoms with Crippen molar-refractivity contribution in [1.29, 1.82) is 0 Å². The standard InChI is InChI=1S/C21H32N4O2/c1-13(2)18-12-24(9-8-19(26)25(18)11-16-6-7-16)21(27)17-10-22-20(14(3)4)23-15(17)5/h10,13-14,16,18H,6-9,11-12H2,1-5H3/t18-/m1/s1. The van der Waals surface area contributed by atoms with Crippen LogP contribution in [-0.4, -0.2) is 57.3 Å². The van der Waals surface area contributed by atoms with Crippen molar-refractivity contribution in [3.8, 4) is 0 Å². The highest BCUT2D eigenvalue weighted by Crippen LogP contribution is 2.32. The molecule has 0 N–H and O–H groups in total. The summed E-state index contributed by atoms with van der Waals surface area (Å²) in [5.41, 5.74) is 1.26. The first-order valence-electron chi connectivity index (χ1n) is 10.2. The van der Waals surface area contributed by atoms with Crippen molar-refractivity contribution in [3.05, 3.63) is 23.3 Å². The molecule has 6 nitrogen and oxygen atoms in total. The van der Waals surface area contributed by atoms with Gasteiger partial charge in [0.1, 0.15) is 5.82 Å². The quantitative estimate of drug-likeness (QED) is 0.797. The van der Waals surface area contributed by atoms with Gasteiger partial charge in [-0.1, -0.05) is 27.7 Å². The maximum atomic E-state index is 13.2. The number of carbonyl (C=O) groups is 2. The van der Waals surface area contributed by atoms with Gasteiger partial charge in [0, 0.05) is 38.2 Å². The minimum atomic E-state index is -0.0606. The molecule has 0 aromatic carbocycles. The Morgan fingerprint density at radius 1 is 1.26 bits per heavy atom. The largest absolute Gasteiger partial charge is 0.337 e. The fourth-order valence-electron chi connectivity index (χ4n) is 3.69. The monoisotopic (exact) mass is 372 g/mol. The van der Waals surface area contributed by atoms with Crippen molar-refractivity contribution in [2.75, 3.05) is 19.6 Å². The van der Waals surface area contributed by atoms with Crippen LogP contribution in [0.4, 0.5) is 0 Å². The molecule has 0 bridgehead atoms. The summed E-state index contributed by atoms with van der Waals surface area (Å²) in [6.07, 6.45) is 4.48. The Morgan fingerprint density at radius 2 is 1.96 bits per heavy atom. The number of rotatable bonds is 5. The van der Waals surface area contributed by atoms with Gasteiger partial charge in [-0.15, -0.1) is 0 Å². The molecule has 2 amide bonds. The third kappa shape index (κ3) is 4.47. The Balaban J connectivity index is 1.81. The first-order valence-corrected chi connectivity index (χ1v) is 10.2. The highest BCUT2D eigenvalue weighted by Gasteiger charge is 2.37. The Morgan fingerprint density at radius 3 is 2.52 bits per heavy atom. The number of hydrogen-bond donors (Lipinski definition) is 0. The molecular weight excluding hydrogens is 340 g/mol. The molecule has 0 unspecified atom stereocenters. The highest BCUT2D eigenvalue weighted by molar-refractivity contribution is 5.95. The maximum absolute atomic E-state index is 13.2. The molecule has 2 fully saturated rings. The van der Waals surface area contributed by atoms with E-state index in [4.69, 9.17) is 0 Å². The van der Waals surface area contributed by atoms with Gasteiger partial charge in [0.25, 0.3) is 5.91 Å². The molecule has 1 saturated heterocycles. The lowest BCUT2D eigenvalue weighted by Crippen LogP contribution is -2.48. The van der Waals surface area contributed by atoms with Crippen molar-refractivity contribution >= 4 is 11.8 Å². The van der Waals surface area contributed by atoms with Gasteiger partial charge in [0.2, 0.25) is 5.91 Å². The highest BCUT2D eigenvalue weighted by atomic mass is 16.2. The average molecular weight is 373 g/mol. The smallest absolute Gasteiger partial charge is 0.257 e. The molecule has 1 atom stereocenters. The SMILES string of the molecule is Cc1nc(C(C)C)ncc1C(=O)N1CCC(=O)N(CC2CC2)[C@@H](C(C)C)C1. The average Bonchev–Trinajstić information content (AvgIpc) is 3.44. The van der Waals surface area contributed by atoms with Crippen molar-refractivity contribution in [2.45, 2.75) is 65.8 Å². The van der Waals surface area contributed by atoms with E-state index >= 15 is 0 Å². The van der Waals surface area contributed by atoms with Crippen LogP contribution in [0.5, 0.6) is 0 Å². The predicted molar refractivity (Wildman–Crippen MR) is 104 cm³/mol. The molecule has 1 aromatic rings. The third-order valence-corrected chi connectivity index (χ3v) is 5.68. The van der Waals surface area contributed by atoms with Crippen LogP contribution in [0.25, 0.3) is 0 Å². The summed E-state index contributed by atoms with van der Waals surface area (Å²) in [6, 6.07) is 0.0701. The number of aryl methyl sites for hydroxylation is 1. The molecule has 1 aliphatic carbocycles. The topological polar surface area (TPSA) is 66.4 Å². The van der Waals surface area contributed by atoms with Gasteiger partial charge in [-0.25, -0.2) is 9.97 Å². The first-order chi connectivity index (χ1) is 12.8. The zero-order valence-corrected chi connectivity index (χ0v) is 17.2. The first kappa shape index (κ1) is 19.8. The van der Waals surface area contributed by atoms with Gasteiger partial charge >= 0.3 is 0 Å². The lowest BCUT2D eigenvalue weighted by atomic mass is 10.0. The summed E-state index contributed by atoms with van der Waals surface area (Å²) >= 11 is 0. The van der Waals surface area contributed by atoms with E-state index in [1.54, 1.807) is 6.20 Å². The summed E-state index contributed by atoms with van der Waals surface area (Å²) < 4.78 is 0. The molecule has 1 aromatic heterocycles. The Labute approximate surface area is 162 Å². The summed E-state index contributed by atoms with van der Waals surface area (Å²) in [4.78, 5) is 38.7. The second-order valence-corrected chi connectivity index (χ2v) is 8.68. The Bertz CT molecular complexity index is 712. The van der Waals surface area contributed by atoms with E-state index in [9.17, 15) is 9.59 Å². The zero-order valence-electron chi connectivity index (χ0n) is 17.2. The lowest BCUT2D eigenvalue weighted by molar-refractivity contribution is -0.133. The minimum absolute atomic E-state index is 0.0606. The van der Waals surface area contributed by atoms with Crippen molar-refractivity contribution in [1.82, 2.24) is 19.8 Å². The molecule has 2 aliphatic rings. The van der Waals surface area contributed by atoms with E-state index < -0.39 is 0 Å². The van der Waals surface area contributed by atoms with E-state index in [0.717, 1.165) is 12.4 Å². The molecule has 27 heavy (non-hydrogen) atoms. The van der Waals surface area contributed by atoms with E-state index in [1.807, 2.05) is 30.6 Å². The number of nitrogens with zero attached hydrogens (tertiary/aromatic N) is 4. The number of hydrogen-bond acceptors (Lipinski definition) is 4. The second kappa shape index (κ2) is 7.95. The van der Waals surface area contributed by atoms with Crippen LogP contribution in [0.3, 0.4) is 0 Å². The number of carbonyl (C=O) groups excluding carboxylic acids is 2. The van der Waals surface area contributed by atoms with Crippen LogP contribution in [-0.2, 0) is 4.79 Å². The number of amides is 2. The third-order valence-electron chi connectivity index (χ3n) is 5.68. The molecule has 3 rings (SSSR count). The molecule has 0 spiro atoms. The van der Waals surface area contributed by atoms with E-state index in [-0.39, 0.29) is 23.8 Å². The predicted octanol–water partition coefficient (Wildman–Crippen LogP) is 3.02. The van der Waals surface area contributed by atoms with E-state index in [2.05, 4.69) is 23.8 Å². The normalized spacial score (nSPS) is 21.1. The minimum Gasteiger partial charge on any atom is -0.337 e. The molecular formula is C21H32N4O2. The Kier molecular flexibility index (Phi) is 5.82. The summed E-state index contributed by atoms with van der Waals surface area (Å²) in [5.74, 6) is 2.06. The summed E-state index contributed by atoms with van der Waals surface area (Å²) in [6.45, 7) is 12.1. The fourth-order valence-corrected chi connectivity index (χ4v) is 3.69. The fraction of sp³-hybridized carbons (Fsp3) is 0.714. The molecule has 2 heterocycles. The van der Waals surface area contributed by atoms with E-state index in [0.29, 0.717) is 42.6 Å². The van der Waals surface area contributed by atoms with Gasteiger partial charge in [-0.3, -0.25) is 9.59 Å². The summed E-state index contributed by atoms with van der Waals surface area (Å²) in [7, 11) is 0.